The summed E-state index contributed by atoms with van der Waals surface area (Å²) in [6.45, 7) is 5.40. The first-order valence-corrected chi connectivity index (χ1v) is 8.18. The van der Waals surface area contributed by atoms with Crippen LogP contribution in [0.1, 0.15) is 19.4 Å². The van der Waals surface area contributed by atoms with Crippen molar-refractivity contribution < 1.29 is 13.9 Å². The number of hydrogen-bond acceptors (Lipinski definition) is 5. The van der Waals surface area contributed by atoms with Crippen LogP contribution >= 0.6 is 15.9 Å². The third-order valence-electron chi connectivity index (χ3n) is 4.03. The zero-order valence-electron chi connectivity index (χ0n) is 13.5. The molecule has 0 radical (unpaired) electrons. The van der Waals surface area contributed by atoms with E-state index in [4.69, 9.17) is 10.5 Å². The standard InChI is InChI=1S/C17H17BrFN3O2/c1-9-4-10(18)7-21-16(9)22-14(8-23)17(2,3)24-13-6-11(20)5-12(19)15(13)22/h4-8,14H,20H2,1-3H3. The van der Waals surface area contributed by atoms with E-state index in [0.29, 0.717) is 11.6 Å². The number of aldehydes is 1. The molecule has 0 amide bonds. The van der Waals surface area contributed by atoms with Gasteiger partial charge in [-0.25, -0.2) is 9.37 Å². The number of carbonyl (C=O) groups is 1. The summed E-state index contributed by atoms with van der Waals surface area (Å²) in [4.78, 5) is 17.8. The topological polar surface area (TPSA) is 68.5 Å². The van der Waals surface area contributed by atoms with Gasteiger partial charge in [0.25, 0.3) is 0 Å². The summed E-state index contributed by atoms with van der Waals surface area (Å²) in [5, 5.41) is 0. The molecule has 0 spiro atoms. The van der Waals surface area contributed by atoms with Crippen molar-refractivity contribution >= 4 is 39.4 Å². The number of anilines is 3. The molecule has 0 fully saturated rings. The van der Waals surface area contributed by atoms with Crippen molar-refractivity contribution in [2.24, 2.45) is 0 Å². The Balaban J connectivity index is 2.31. The largest absolute Gasteiger partial charge is 0.483 e. The number of nitrogens with two attached hydrogens (primary N) is 1. The molecule has 2 heterocycles. The number of ether oxygens (including phenoxy) is 1. The lowest BCUT2D eigenvalue weighted by molar-refractivity contribution is -0.112. The van der Waals surface area contributed by atoms with Crippen molar-refractivity contribution in [3.63, 3.8) is 0 Å². The second kappa shape index (κ2) is 5.73. The van der Waals surface area contributed by atoms with Crippen LogP contribution in [0.5, 0.6) is 5.75 Å². The monoisotopic (exact) mass is 393 g/mol. The van der Waals surface area contributed by atoms with Crippen LogP contribution in [0.15, 0.2) is 28.9 Å². The van der Waals surface area contributed by atoms with Crippen LogP contribution in [-0.4, -0.2) is 22.9 Å². The summed E-state index contributed by atoms with van der Waals surface area (Å²) in [5.41, 5.74) is 6.09. The zero-order chi connectivity index (χ0) is 17.6. The van der Waals surface area contributed by atoms with Crippen molar-refractivity contribution in [3.8, 4) is 5.75 Å². The average Bonchev–Trinajstić information content (AvgIpc) is 2.44. The van der Waals surface area contributed by atoms with Crippen molar-refractivity contribution in [2.75, 3.05) is 10.6 Å². The smallest absolute Gasteiger partial charge is 0.152 e. The van der Waals surface area contributed by atoms with Crippen LogP contribution in [0.3, 0.4) is 0 Å². The highest BCUT2D eigenvalue weighted by molar-refractivity contribution is 9.10. The zero-order valence-corrected chi connectivity index (χ0v) is 15.1. The summed E-state index contributed by atoms with van der Waals surface area (Å²) in [7, 11) is 0. The lowest BCUT2D eigenvalue weighted by Gasteiger charge is -2.45. The van der Waals surface area contributed by atoms with Crippen molar-refractivity contribution in [1.29, 1.82) is 0 Å². The highest BCUT2D eigenvalue weighted by atomic mass is 79.9. The molecule has 7 heteroatoms. The first kappa shape index (κ1) is 16.7. The van der Waals surface area contributed by atoms with Crippen molar-refractivity contribution in [3.05, 3.63) is 40.2 Å². The molecule has 1 atom stereocenters. The number of carbonyl (C=O) groups excluding carboxylic acids is 1. The quantitative estimate of drug-likeness (QED) is 0.621. The summed E-state index contributed by atoms with van der Waals surface area (Å²) < 4.78 is 21.4. The molecule has 1 aromatic heterocycles. The number of rotatable bonds is 2. The number of hydrogen-bond donors (Lipinski definition) is 1. The van der Waals surface area contributed by atoms with Gasteiger partial charge in [0.05, 0.1) is 0 Å². The van der Waals surface area contributed by atoms with E-state index < -0.39 is 17.5 Å². The fraction of sp³-hybridized carbons (Fsp3) is 0.294. The van der Waals surface area contributed by atoms with E-state index in [1.807, 2.05) is 13.0 Å². The predicted octanol–water partition coefficient (Wildman–Crippen LogP) is 3.75. The molecule has 0 saturated carbocycles. The Morgan fingerprint density at radius 1 is 1.42 bits per heavy atom. The van der Waals surface area contributed by atoms with Gasteiger partial charge in [0, 0.05) is 22.4 Å². The number of pyridine rings is 1. The molecule has 1 aromatic carbocycles. The van der Waals surface area contributed by atoms with Crippen molar-refractivity contribution in [2.45, 2.75) is 32.4 Å². The molecule has 0 aliphatic carbocycles. The van der Waals surface area contributed by atoms with Gasteiger partial charge in [-0.15, -0.1) is 0 Å². The Kier molecular flexibility index (Phi) is 3.99. The van der Waals surface area contributed by atoms with Gasteiger partial charge in [0.2, 0.25) is 0 Å². The predicted molar refractivity (Wildman–Crippen MR) is 94.2 cm³/mol. The van der Waals surface area contributed by atoms with Crippen LogP contribution < -0.4 is 15.4 Å². The maximum absolute atomic E-state index is 14.7. The van der Waals surface area contributed by atoms with E-state index in [-0.39, 0.29) is 11.4 Å². The molecule has 0 bridgehead atoms. The second-order valence-corrected chi connectivity index (χ2v) is 7.22. The Labute approximate surface area is 147 Å². The number of fused-ring (bicyclic) bond motifs is 1. The normalized spacial score (nSPS) is 18.7. The fourth-order valence-electron chi connectivity index (χ4n) is 2.95. The third-order valence-corrected chi connectivity index (χ3v) is 4.46. The van der Waals surface area contributed by atoms with Crippen molar-refractivity contribution in [1.82, 2.24) is 4.98 Å². The number of nitrogens with zero attached hydrogens (tertiary/aromatic N) is 2. The molecular formula is C17H17BrFN3O2. The third kappa shape index (κ3) is 2.62. The van der Waals surface area contributed by atoms with Gasteiger partial charge >= 0.3 is 0 Å². The number of nitrogen functional groups attached to an aromatic ring is 1. The fourth-order valence-corrected chi connectivity index (χ4v) is 3.39. The highest BCUT2D eigenvalue weighted by Gasteiger charge is 2.45. The lowest BCUT2D eigenvalue weighted by Crippen LogP contribution is -2.55. The van der Waals surface area contributed by atoms with E-state index in [1.165, 1.54) is 6.07 Å². The molecule has 1 aliphatic heterocycles. The molecule has 126 valence electrons. The molecular weight excluding hydrogens is 377 g/mol. The van der Waals surface area contributed by atoms with E-state index in [9.17, 15) is 9.18 Å². The Bertz CT molecular complexity index is 826. The molecule has 3 rings (SSSR count). The van der Waals surface area contributed by atoms with Gasteiger partial charge in [-0.05, 0) is 54.4 Å². The summed E-state index contributed by atoms with van der Waals surface area (Å²) in [6, 6.07) is 3.89. The first-order valence-electron chi connectivity index (χ1n) is 7.39. The minimum Gasteiger partial charge on any atom is -0.483 e. The van der Waals surface area contributed by atoms with Gasteiger partial charge in [0.15, 0.2) is 5.82 Å². The Morgan fingerprint density at radius 2 is 2.12 bits per heavy atom. The van der Waals surface area contributed by atoms with Gasteiger partial charge in [-0.3, -0.25) is 0 Å². The number of aryl methyl sites for hydroxylation is 1. The highest BCUT2D eigenvalue weighted by Crippen LogP contribution is 2.46. The maximum atomic E-state index is 14.7. The first-order chi connectivity index (χ1) is 11.2. The molecule has 2 N–H and O–H groups in total. The van der Waals surface area contributed by atoms with Gasteiger partial charge in [-0.1, -0.05) is 0 Å². The molecule has 1 unspecified atom stereocenters. The Hall–Kier alpha value is -2.15. The van der Waals surface area contributed by atoms with E-state index in [2.05, 4.69) is 20.9 Å². The minimum absolute atomic E-state index is 0.165. The molecule has 1 aliphatic rings. The van der Waals surface area contributed by atoms with Crippen LogP contribution in [0.4, 0.5) is 21.6 Å². The number of halogens is 2. The Morgan fingerprint density at radius 3 is 2.75 bits per heavy atom. The molecule has 5 nitrogen and oxygen atoms in total. The average molecular weight is 394 g/mol. The van der Waals surface area contributed by atoms with E-state index >= 15 is 0 Å². The van der Waals surface area contributed by atoms with Crippen LogP contribution in [0.2, 0.25) is 0 Å². The van der Waals surface area contributed by atoms with Gasteiger partial charge < -0.3 is 20.2 Å². The minimum atomic E-state index is -0.879. The van der Waals surface area contributed by atoms with Crippen LogP contribution in [0, 0.1) is 12.7 Å². The molecule has 0 saturated heterocycles. The van der Waals surface area contributed by atoms with E-state index in [1.54, 1.807) is 31.0 Å². The second-order valence-electron chi connectivity index (χ2n) is 6.30. The van der Waals surface area contributed by atoms with Crippen LogP contribution in [0.25, 0.3) is 0 Å². The molecule has 24 heavy (non-hydrogen) atoms. The maximum Gasteiger partial charge on any atom is 0.152 e. The molecule has 2 aromatic rings. The summed E-state index contributed by atoms with van der Waals surface area (Å²) >= 11 is 3.36. The number of benzene rings is 1. The van der Waals surface area contributed by atoms with Gasteiger partial charge in [0.1, 0.15) is 35.2 Å². The number of aromatic nitrogens is 1. The summed E-state index contributed by atoms with van der Waals surface area (Å²) in [5.74, 6) is 0.229. The van der Waals surface area contributed by atoms with Gasteiger partial charge in [-0.2, -0.15) is 0 Å². The lowest BCUT2D eigenvalue weighted by atomic mass is 9.94. The summed E-state index contributed by atoms with van der Waals surface area (Å²) in [6.07, 6.45) is 2.36. The SMILES string of the molecule is Cc1cc(Br)cnc1N1c2c(F)cc(N)cc2OC(C)(C)C1C=O. The van der Waals surface area contributed by atoms with Crippen LogP contribution in [-0.2, 0) is 4.79 Å². The van der Waals surface area contributed by atoms with E-state index in [0.717, 1.165) is 16.3 Å².